The van der Waals surface area contributed by atoms with E-state index in [2.05, 4.69) is 0 Å². The van der Waals surface area contributed by atoms with Gasteiger partial charge >= 0.3 is 0 Å². The van der Waals surface area contributed by atoms with E-state index in [0.717, 1.165) is 6.42 Å². The van der Waals surface area contributed by atoms with Crippen molar-refractivity contribution in [2.75, 3.05) is 23.7 Å². The van der Waals surface area contributed by atoms with Gasteiger partial charge in [-0.3, -0.25) is 9.10 Å². The van der Waals surface area contributed by atoms with Gasteiger partial charge in [0.25, 0.3) is 0 Å². The number of ether oxygens (including phenoxy) is 1. The van der Waals surface area contributed by atoms with Crippen LogP contribution in [0.1, 0.15) is 42.6 Å². The molecule has 7 nitrogen and oxygen atoms in total. The number of fused-ring (bicyclic) bond motifs is 1. The fourth-order valence-corrected chi connectivity index (χ4v) is 4.70. The van der Waals surface area contributed by atoms with Gasteiger partial charge in [0, 0.05) is 17.0 Å². The van der Waals surface area contributed by atoms with Gasteiger partial charge in [-0.25, -0.2) is 8.42 Å². The van der Waals surface area contributed by atoms with Crippen molar-refractivity contribution in [2.24, 2.45) is 5.73 Å². The summed E-state index contributed by atoms with van der Waals surface area (Å²) in [6, 6.07) is 11.7. The number of nitrogens with two attached hydrogens (primary N) is 1. The van der Waals surface area contributed by atoms with E-state index in [1.807, 2.05) is 13.8 Å². The van der Waals surface area contributed by atoms with Gasteiger partial charge in [-0.2, -0.15) is 0 Å². The molecule has 2 aromatic carbocycles. The molecule has 31 heavy (non-hydrogen) atoms. The minimum absolute atomic E-state index is 0.209. The summed E-state index contributed by atoms with van der Waals surface area (Å²) in [7, 11) is -3.48. The lowest BCUT2D eigenvalue weighted by Gasteiger charge is -2.28. The fourth-order valence-electron chi connectivity index (χ4n) is 3.40. The summed E-state index contributed by atoms with van der Waals surface area (Å²) in [4.78, 5) is 13.1. The molecular formula is C23H28N2O5S. The number of hydrogen-bond acceptors (Lipinski definition) is 6. The first-order valence-electron chi connectivity index (χ1n) is 10.2. The van der Waals surface area contributed by atoms with Crippen molar-refractivity contribution in [2.45, 2.75) is 32.7 Å². The number of ketones is 1. The molecule has 1 heterocycles. The lowest BCUT2D eigenvalue weighted by molar-refractivity contribution is 0.103. The number of carbonyl (C=O) groups is 1. The zero-order valence-corrected chi connectivity index (χ0v) is 18.8. The minimum atomic E-state index is -3.48. The molecule has 0 spiro atoms. The maximum atomic E-state index is 13.1. The van der Waals surface area contributed by atoms with Gasteiger partial charge in [0.15, 0.2) is 5.78 Å². The molecule has 0 aliphatic carbocycles. The Hall–Kier alpha value is -2.84. The second-order valence-electron chi connectivity index (χ2n) is 7.49. The Labute approximate surface area is 182 Å². The standard InChI is InChI=1S/C23H28N2O5S/c1-4-16(2)25(31(3,27)28)18-8-11-22-20(14-18)21(15-30-22)23(26)17-6-9-19(10-7-17)29-13-5-12-24/h6-11,14-16H,4-5,12-13,24H2,1-3H3. The average Bonchev–Trinajstić information content (AvgIpc) is 3.16. The largest absolute Gasteiger partial charge is 0.494 e. The minimum Gasteiger partial charge on any atom is -0.494 e. The predicted octanol–water partition coefficient (Wildman–Crippen LogP) is 3.96. The highest BCUT2D eigenvalue weighted by atomic mass is 32.2. The molecule has 3 aromatic rings. The molecule has 0 saturated heterocycles. The summed E-state index contributed by atoms with van der Waals surface area (Å²) >= 11 is 0. The summed E-state index contributed by atoms with van der Waals surface area (Å²) in [6.07, 6.45) is 4.01. The molecular weight excluding hydrogens is 416 g/mol. The van der Waals surface area contributed by atoms with Gasteiger partial charge in [-0.1, -0.05) is 6.92 Å². The lowest BCUT2D eigenvalue weighted by Crippen LogP contribution is -2.37. The molecule has 8 heteroatoms. The number of hydrogen-bond donors (Lipinski definition) is 1. The Morgan fingerprint density at radius 3 is 2.52 bits per heavy atom. The summed E-state index contributed by atoms with van der Waals surface area (Å²) < 4.78 is 37.3. The Morgan fingerprint density at radius 1 is 1.19 bits per heavy atom. The quantitative estimate of drug-likeness (QED) is 0.375. The highest BCUT2D eigenvalue weighted by Crippen LogP contribution is 2.31. The maximum Gasteiger partial charge on any atom is 0.232 e. The first kappa shape index (κ1) is 22.8. The van der Waals surface area contributed by atoms with E-state index < -0.39 is 10.0 Å². The van der Waals surface area contributed by atoms with Gasteiger partial charge in [-0.05, 0) is 68.8 Å². The molecule has 0 aliphatic rings. The van der Waals surface area contributed by atoms with E-state index in [4.69, 9.17) is 14.9 Å². The molecule has 166 valence electrons. The summed E-state index contributed by atoms with van der Waals surface area (Å²) in [6.45, 7) is 4.85. The Balaban J connectivity index is 1.94. The summed E-state index contributed by atoms with van der Waals surface area (Å²) in [5.41, 5.74) is 7.35. The van der Waals surface area contributed by atoms with E-state index in [9.17, 15) is 13.2 Å². The van der Waals surface area contributed by atoms with Gasteiger partial charge in [0.2, 0.25) is 10.0 Å². The van der Waals surface area contributed by atoms with Crippen LogP contribution in [0.15, 0.2) is 53.1 Å². The van der Waals surface area contributed by atoms with E-state index in [1.54, 1.807) is 42.5 Å². The van der Waals surface area contributed by atoms with Crippen molar-refractivity contribution in [3.05, 3.63) is 59.9 Å². The molecule has 0 bridgehead atoms. The maximum absolute atomic E-state index is 13.1. The van der Waals surface area contributed by atoms with Gasteiger partial charge in [-0.15, -0.1) is 0 Å². The zero-order valence-electron chi connectivity index (χ0n) is 18.0. The van der Waals surface area contributed by atoms with E-state index in [1.165, 1.54) is 16.8 Å². The van der Waals surface area contributed by atoms with E-state index in [-0.39, 0.29) is 11.8 Å². The third kappa shape index (κ3) is 5.08. The van der Waals surface area contributed by atoms with Gasteiger partial charge in [0.05, 0.1) is 24.1 Å². The van der Waals surface area contributed by atoms with Crippen LogP contribution < -0.4 is 14.8 Å². The predicted molar refractivity (Wildman–Crippen MR) is 122 cm³/mol. The number of carbonyl (C=O) groups excluding carboxylic acids is 1. The molecule has 0 radical (unpaired) electrons. The van der Waals surface area contributed by atoms with Crippen molar-refractivity contribution in [3.63, 3.8) is 0 Å². The smallest absolute Gasteiger partial charge is 0.232 e. The van der Waals surface area contributed by atoms with Crippen LogP contribution in [-0.2, 0) is 10.0 Å². The van der Waals surface area contributed by atoms with Crippen LogP contribution in [0.25, 0.3) is 11.0 Å². The number of furan rings is 1. The first-order valence-corrected chi connectivity index (χ1v) is 12.1. The molecule has 1 unspecified atom stereocenters. The Kier molecular flexibility index (Phi) is 7.02. The third-order valence-electron chi connectivity index (χ3n) is 5.14. The first-order chi connectivity index (χ1) is 14.8. The van der Waals surface area contributed by atoms with E-state index in [0.29, 0.717) is 53.1 Å². The van der Waals surface area contributed by atoms with Crippen molar-refractivity contribution in [1.29, 1.82) is 0 Å². The van der Waals surface area contributed by atoms with Gasteiger partial charge < -0.3 is 14.9 Å². The highest BCUT2D eigenvalue weighted by Gasteiger charge is 2.24. The van der Waals surface area contributed by atoms with Crippen LogP contribution in [0.4, 0.5) is 5.69 Å². The summed E-state index contributed by atoms with van der Waals surface area (Å²) in [5, 5.41) is 0.572. The van der Waals surface area contributed by atoms with Crippen molar-refractivity contribution >= 4 is 32.5 Å². The molecule has 1 atom stereocenters. The molecule has 0 fully saturated rings. The van der Waals surface area contributed by atoms with Crippen LogP contribution in [-0.4, -0.2) is 39.7 Å². The number of benzene rings is 2. The van der Waals surface area contributed by atoms with Crippen LogP contribution >= 0.6 is 0 Å². The highest BCUT2D eigenvalue weighted by molar-refractivity contribution is 7.92. The fraction of sp³-hybridized carbons (Fsp3) is 0.348. The van der Waals surface area contributed by atoms with E-state index >= 15 is 0 Å². The molecule has 1 aromatic heterocycles. The van der Waals surface area contributed by atoms with Crippen molar-refractivity contribution in [3.8, 4) is 5.75 Å². The van der Waals surface area contributed by atoms with Crippen LogP contribution in [0.3, 0.4) is 0 Å². The van der Waals surface area contributed by atoms with Crippen molar-refractivity contribution < 1.29 is 22.4 Å². The number of rotatable bonds is 10. The zero-order chi connectivity index (χ0) is 22.6. The monoisotopic (exact) mass is 444 g/mol. The van der Waals surface area contributed by atoms with Crippen molar-refractivity contribution in [1.82, 2.24) is 0 Å². The topological polar surface area (TPSA) is 103 Å². The Morgan fingerprint density at radius 2 is 1.90 bits per heavy atom. The molecule has 0 aliphatic heterocycles. The van der Waals surface area contributed by atoms with Gasteiger partial charge in [0.1, 0.15) is 17.6 Å². The normalized spacial score (nSPS) is 12.6. The van der Waals surface area contributed by atoms with Crippen LogP contribution in [0.5, 0.6) is 5.75 Å². The number of nitrogens with zero attached hydrogens (tertiary/aromatic N) is 1. The second-order valence-corrected chi connectivity index (χ2v) is 9.35. The molecule has 3 rings (SSSR count). The number of sulfonamides is 1. The molecule has 2 N–H and O–H groups in total. The second kappa shape index (κ2) is 9.53. The average molecular weight is 445 g/mol. The lowest BCUT2D eigenvalue weighted by atomic mass is 10.0. The summed E-state index contributed by atoms with van der Waals surface area (Å²) in [5.74, 6) is 0.459. The molecule has 0 saturated carbocycles. The Bertz CT molecular complexity index is 1150. The number of anilines is 1. The van der Waals surface area contributed by atoms with Crippen LogP contribution in [0, 0.1) is 0 Å². The third-order valence-corrected chi connectivity index (χ3v) is 6.42. The van der Waals surface area contributed by atoms with Crippen LogP contribution in [0.2, 0.25) is 0 Å². The SMILES string of the molecule is CCC(C)N(c1ccc2occ(C(=O)c3ccc(OCCCN)cc3)c2c1)S(C)(=O)=O. The molecule has 0 amide bonds.